The molecule has 0 amide bonds. The number of para-hydroxylation sites is 2. The maximum Gasteiger partial charge on any atom is 0.0708 e. The van der Waals surface area contributed by atoms with Crippen LogP contribution in [0.15, 0.2) is 170 Å². The first-order valence-electron chi connectivity index (χ1n) is 19.4. The van der Waals surface area contributed by atoms with Gasteiger partial charge in [0.25, 0.3) is 0 Å². The van der Waals surface area contributed by atoms with Gasteiger partial charge in [-0.05, 0) is 110 Å². The Kier molecular flexibility index (Phi) is 9.21. The Balaban J connectivity index is 0.00000100. The second-order valence-corrected chi connectivity index (χ2v) is 14.0. The lowest BCUT2D eigenvalue weighted by Gasteiger charge is -2.24. The molecule has 9 aromatic rings. The predicted octanol–water partition coefficient (Wildman–Crippen LogP) is 14.7. The predicted molar refractivity (Wildman–Crippen MR) is 233 cm³/mol. The van der Waals surface area contributed by atoms with Crippen LogP contribution in [0.4, 0.5) is 0 Å². The zero-order chi connectivity index (χ0) is 37.4. The average Bonchev–Trinajstić information content (AvgIpc) is 3.70. The summed E-state index contributed by atoms with van der Waals surface area (Å²) >= 11 is 0. The minimum absolute atomic E-state index is 0.0894. The summed E-state index contributed by atoms with van der Waals surface area (Å²) in [5.41, 5.74) is 17.3. The molecule has 0 radical (unpaired) electrons. The van der Waals surface area contributed by atoms with E-state index in [0.29, 0.717) is 0 Å². The number of hydrogen-bond acceptors (Lipinski definition) is 1. The molecule has 0 saturated heterocycles. The molecule has 2 aromatic heterocycles. The lowest BCUT2D eigenvalue weighted by molar-refractivity contribution is 0.662. The van der Waals surface area contributed by atoms with Gasteiger partial charge in [-0.25, -0.2) is 0 Å². The number of benzene rings is 7. The second-order valence-electron chi connectivity index (χ2n) is 14.0. The number of pyridine rings is 1. The quantitative estimate of drug-likeness (QED) is 0.179. The minimum atomic E-state index is -0.0894. The van der Waals surface area contributed by atoms with E-state index in [2.05, 4.69) is 181 Å². The third kappa shape index (κ3) is 5.61. The molecule has 264 valence electrons. The Morgan fingerprint density at radius 1 is 0.426 bits per heavy atom. The summed E-state index contributed by atoms with van der Waals surface area (Å²) in [7, 11) is 0. The molecular formula is C52H46N2. The van der Waals surface area contributed by atoms with E-state index >= 15 is 0 Å². The lowest BCUT2D eigenvalue weighted by Crippen LogP contribution is -2.16. The Bertz CT molecular complexity index is 2780. The Labute approximate surface area is 319 Å². The van der Waals surface area contributed by atoms with E-state index in [0.717, 1.165) is 11.2 Å². The van der Waals surface area contributed by atoms with E-state index in [1.807, 2.05) is 40.0 Å². The summed E-state index contributed by atoms with van der Waals surface area (Å²) in [6.45, 7) is 12.7. The van der Waals surface area contributed by atoms with E-state index in [1.165, 1.54) is 82.8 Å². The number of nitrogens with zero attached hydrogens (tertiary/aromatic N) is 2. The van der Waals surface area contributed by atoms with Gasteiger partial charge in [0.2, 0.25) is 0 Å². The smallest absolute Gasteiger partial charge is 0.0708 e. The first-order chi connectivity index (χ1) is 26.6. The highest BCUT2D eigenvalue weighted by Crippen LogP contribution is 2.52. The summed E-state index contributed by atoms with van der Waals surface area (Å²) in [5, 5.41) is 3.67. The zero-order valence-electron chi connectivity index (χ0n) is 32.1. The maximum absolute atomic E-state index is 4.60. The van der Waals surface area contributed by atoms with Gasteiger partial charge in [0, 0.05) is 33.5 Å². The van der Waals surface area contributed by atoms with Crippen molar-refractivity contribution in [1.29, 1.82) is 0 Å². The average molecular weight is 699 g/mol. The van der Waals surface area contributed by atoms with Gasteiger partial charge in [0.15, 0.2) is 0 Å². The van der Waals surface area contributed by atoms with Gasteiger partial charge in [0.1, 0.15) is 0 Å². The van der Waals surface area contributed by atoms with E-state index < -0.39 is 0 Å². The van der Waals surface area contributed by atoms with Gasteiger partial charge in [-0.3, -0.25) is 4.98 Å². The molecule has 0 bridgehead atoms. The SMILES string of the molecule is CC.CC.CC1(C)c2ccccc2-c2cccc(-c3ccc4c(c3)c3cc(-c5cccc(-c6ccnc7ccccc67)c5)ccc3n4-c3ccccc3)c21. The van der Waals surface area contributed by atoms with Gasteiger partial charge in [0.05, 0.1) is 16.6 Å². The summed E-state index contributed by atoms with van der Waals surface area (Å²) < 4.78 is 2.41. The second kappa shape index (κ2) is 14.3. The molecule has 7 aromatic carbocycles. The number of rotatable bonds is 4. The number of hydrogen-bond donors (Lipinski definition) is 0. The van der Waals surface area contributed by atoms with Crippen LogP contribution in [-0.2, 0) is 5.41 Å². The van der Waals surface area contributed by atoms with Crippen LogP contribution < -0.4 is 0 Å². The van der Waals surface area contributed by atoms with Crippen LogP contribution in [0.1, 0.15) is 52.7 Å². The largest absolute Gasteiger partial charge is 0.309 e. The molecule has 2 nitrogen and oxygen atoms in total. The van der Waals surface area contributed by atoms with Crippen LogP contribution in [0, 0.1) is 0 Å². The van der Waals surface area contributed by atoms with E-state index in [1.54, 1.807) is 0 Å². The standard InChI is InChI=1S/C48H34N2.2C2H6/c1-48(2)43-20-8-6-16-38(43)40-19-11-18-37(47(40)48)34-23-25-46-42(30-34)41-29-32(22-24-45(41)50(46)35-14-4-3-5-15-35)31-12-10-13-33(28-31)36-26-27-49-44-21-9-7-17-39(36)44;2*1-2/h3-30H,1-2H3;2*1-2H3. The fourth-order valence-corrected chi connectivity index (χ4v) is 8.53. The zero-order valence-corrected chi connectivity index (χ0v) is 32.1. The van der Waals surface area contributed by atoms with Crippen LogP contribution in [0.25, 0.3) is 82.9 Å². The highest BCUT2D eigenvalue weighted by atomic mass is 15.0. The van der Waals surface area contributed by atoms with Crippen molar-refractivity contribution in [2.45, 2.75) is 47.0 Å². The highest BCUT2D eigenvalue weighted by Gasteiger charge is 2.37. The van der Waals surface area contributed by atoms with Crippen molar-refractivity contribution < 1.29 is 0 Å². The Morgan fingerprint density at radius 3 is 1.80 bits per heavy atom. The van der Waals surface area contributed by atoms with Gasteiger partial charge in [-0.2, -0.15) is 0 Å². The molecule has 0 saturated carbocycles. The van der Waals surface area contributed by atoms with Crippen LogP contribution >= 0.6 is 0 Å². The molecule has 0 aliphatic heterocycles. The molecule has 0 unspecified atom stereocenters. The molecule has 1 aliphatic carbocycles. The molecule has 0 N–H and O–H groups in total. The molecule has 0 fully saturated rings. The fraction of sp³-hybridized carbons (Fsp3) is 0.135. The van der Waals surface area contributed by atoms with Crippen molar-refractivity contribution in [3.8, 4) is 50.2 Å². The first-order valence-corrected chi connectivity index (χ1v) is 19.4. The molecule has 0 spiro atoms. The van der Waals surface area contributed by atoms with Gasteiger partial charge >= 0.3 is 0 Å². The molecule has 2 heterocycles. The van der Waals surface area contributed by atoms with E-state index in [9.17, 15) is 0 Å². The van der Waals surface area contributed by atoms with E-state index in [4.69, 9.17) is 0 Å². The highest BCUT2D eigenvalue weighted by molar-refractivity contribution is 6.12. The Morgan fingerprint density at radius 2 is 1.00 bits per heavy atom. The van der Waals surface area contributed by atoms with Gasteiger partial charge in [-0.15, -0.1) is 0 Å². The normalized spacial score (nSPS) is 12.4. The van der Waals surface area contributed by atoms with Crippen LogP contribution in [0.3, 0.4) is 0 Å². The van der Waals surface area contributed by atoms with Crippen molar-refractivity contribution in [2.24, 2.45) is 0 Å². The topological polar surface area (TPSA) is 17.8 Å². The van der Waals surface area contributed by atoms with Crippen molar-refractivity contribution in [1.82, 2.24) is 9.55 Å². The van der Waals surface area contributed by atoms with Crippen LogP contribution in [0.5, 0.6) is 0 Å². The fourth-order valence-electron chi connectivity index (χ4n) is 8.53. The summed E-state index contributed by atoms with van der Waals surface area (Å²) in [6.07, 6.45) is 1.91. The molecule has 2 heteroatoms. The third-order valence-electron chi connectivity index (χ3n) is 10.8. The summed E-state index contributed by atoms with van der Waals surface area (Å²) in [4.78, 5) is 4.60. The monoisotopic (exact) mass is 698 g/mol. The van der Waals surface area contributed by atoms with Crippen molar-refractivity contribution in [2.75, 3.05) is 0 Å². The molecule has 1 aliphatic rings. The van der Waals surface area contributed by atoms with Crippen LogP contribution in [0.2, 0.25) is 0 Å². The summed E-state index contributed by atoms with van der Waals surface area (Å²) in [6, 6.07) is 59.9. The maximum atomic E-state index is 4.60. The van der Waals surface area contributed by atoms with Crippen molar-refractivity contribution in [3.05, 3.63) is 181 Å². The first kappa shape index (κ1) is 34.8. The third-order valence-corrected chi connectivity index (χ3v) is 10.8. The van der Waals surface area contributed by atoms with Crippen molar-refractivity contribution in [3.63, 3.8) is 0 Å². The number of aromatic nitrogens is 2. The molecule has 0 atom stereocenters. The molecular weight excluding hydrogens is 653 g/mol. The Hall–Kier alpha value is -6.25. The number of fused-ring (bicyclic) bond motifs is 7. The molecule has 10 rings (SSSR count). The molecule has 54 heavy (non-hydrogen) atoms. The van der Waals surface area contributed by atoms with E-state index in [-0.39, 0.29) is 5.41 Å². The van der Waals surface area contributed by atoms with Gasteiger partial charge < -0.3 is 4.57 Å². The van der Waals surface area contributed by atoms with Crippen LogP contribution in [-0.4, -0.2) is 9.55 Å². The summed E-state index contributed by atoms with van der Waals surface area (Å²) in [5.74, 6) is 0. The van der Waals surface area contributed by atoms with Crippen molar-refractivity contribution >= 4 is 32.7 Å². The van der Waals surface area contributed by atoms with Gasteiger partial charge in [-0.1, -0.05) is 151 Å². The minimum Gasteiger partial charge on any atom is -0.309 e. The lowest BCUT2D eigenvalue weighted by atomic mass is 9.79.